The zero-order valence-electron chi connectivity index (χ0n) is 27.7. The Morgan fingerprint density at radius 2 is 1.67 bits per heavy atom. The number of para-hydroxylation sites is 1. The van der Waals surface area contributed by atoms with E-state index in [9.17, 15) is 14.7 Å². The van der Waals surface area contributed by atoms with E-state index in [0.29, 0.717) is 37.3 Å². The van der Waals surface area contributed by atoms with E-state index in [-0.39, 0.29) is 37.4 Å². The highest BCUT2D eigenvalue weighted by atomic mass is 32.2. The van der Waals surface area contributed by atoms with Crippen LogP contribution in [0.15, 0.2) is 67.8 Å². The number of aliphatic hydroxyl groups is 1. The number of benzene rings is 2. The molecular formula is C37H47N3O5S. The Morgan fingerprint density at radius 3 is 2.24 bits per heavy atom. The smallest absolute Gasteiger partial charge is 0.251 e. The van der Waals surface area contributed by atoms with Crippen LogP contribution in [0.4, 0.5) is 11.4 Å². The molecule has 1 N–H and O–H groups in total. The topological polar surface area (TPSA) is 90.4 Å². The normalized spacial score (nSPS) is 26.9. The molecule has 0 aromatic heterocycles. The summed E-state index contributed by atoms with van der Waals surface area (Å²) < 4.78 is 4.26. The van der Waals surface area contributed by atoms with Gasteiger partial charge in [-0.15, -0.1) is 24.9 Å². The second kappa shape index (κ2) is 13.3. The van der Waals surface area contributed by atoms with Crippen LogP contribution in [-0.2, 0) is 14.4 Å². The highest BCUT2D eigenvalue weighted by Gasteiger charge is 2.78. The van der Waals surface area contributed by atoms with Gasteiger partial charge in [0.15, 0.2) is 0 Å². The SMILES string of the molecule is C=CCN(C(=O)[C@H]1[C@H]2C(=O)N([C@@H](CC)CO)C(C(=O)N(CC=C)c3c(C)cccc3C)C23CC[C@]1(C)S3)c1ccc(OCC)cc1. The van der Waals surface area contributed by atoms with Crippen molar-refractivity contribution in [2.24, 2.45) is 11.8 Å². The summed E-state index contributed by atoms with van der Waals surface area (Å²) in [6.07, 6.45) is 5.21. The molecule has 3 fully saturated rings. The molecule has 5 rings (SSSR count). The Labute approximate surface area is 277 Å². The second-order valence-electron chi connectivity index (χ2n) is 12.9. The lowest BCUT2D eigenvalue weighted by Crippen LogP contribution is -2.57. The van der Waals surface area contributed by atoms with Gasteiger partial charge in [-0.3, -0.25) is 14.4 Å². The Bertz CT molecular complexity index is 1490. The number of aliphatic hydroxyl groups excluding tert-OH is 1. The van der Waals surface area contributed by atoms with Crippen LogP contribution in [0.1, 0.15) is 51.2 Å². The molecule has 1 spiro atoms. The number of anilines is 2. The van der Waals surface area contributed by atoms with Gasteiger partial charge in [0, 0.05) is 29.2 Å². The van der Waals surface area contributed by atoms with Crippen molar-refractivity contribution in [1.29, 1.82) is 0 Å². The molecule has 8 nitrogen and oxygen atoms in total. The van der Waals surface area contributed by atoms with Crippen LogP contribution in [0.25, 0.3) is 0 Å². The van der Waals surface area contributed by atoms with Gasteiger partial charge in [-0.05, 0) is 82.3 Å². The number of aryl methyl sites for hydroxylation is 2. The molecule has 2 bridgehead atoms. The average molecular weight is 646 g/mol. The third kappa shape index (κ3) is 5.35. The molecular weight excluding hydrogens is 598 g/mol. The quantitative estimate of drug-likeness (QED) is 0.282. The first-order valence-electron chi connectivity index (χ1n) is 16.3. The Balaban J connectivity index is 1.62. The van der Waals surface area contributed by atoms with Crippen LogP contribution in [-0.4, -0.2) is 75.6 Å². The van der Waals surface area contributed by atoms with E-state index < -0.39 is 33.4 Å². The van der Waals surface area contributed by atoms with E-state index in [1.54, 1.807) is 38.6 Å². The fourth-order valence-electron chi connectivity index (χ4n) is 8.13. The van der Waals surface area contributed by atoms with Crippen molar-refractivity contribution in [1.82, 2.24) is 4.90 Å². The van der Waals surface area contributed by atoms with E-state index in [4.69, 9.17) is 4.74 Å². The fraction of sp³-hybridized carbons (Fsp3) is 0.486. The lowest BCUT2D eigenvalue weighted by atomic mass is 9.66. The number of fused-ring (bicyclic) bond motifs is 1. The lowest BCUT2D eigenvalue weighted by Gasteiger charge is -2.40. The van der Waals surface area contributed by atoms with Gasteiger partial charge in [0.2, 0.25) is 11.8 Å². The largest absolute Gasteiger partial charge is 0.494 e. The summed E-state index contributed by atoms with van der Waals surface area (Å²) in [5, 5.41) is 10.5. The van der Waals surface area contributed by atoms with Gasteiger partial charge in [0.1, 0.15) is 11.8 Å². The van der Waals surface area contributed by atoms with Crippen molar-refractivity contribution in [3.05, 3.63) is 78.9 Å². The molecule has 3 heterocycles. The molecule has 3 aliphatic rings. The molecule has 9 heteroatoms. The summed E-state index contributed by atoms with van der Waals surface area (Å²) in [5.74, 6) is -1.23. The van der Waals surface area contributed by atoms with E-state index >= 15 is 4.79 Å². The van der Waals surface area contributed by atoms with Crippen molar-refractivity contribution in [2.75, 3.05) is 36.1 Å². The van der Waals surface area contributed by atoms with Gasteiger partial charge in [0.05, 0.1) is 35.8 Å². The molecule has 246 valence electrons. The third-order valence-corrected chi connectivity index (χ3v) is 12.1. The summed E-state index contributed by atoms with van der Waals surface area (Å²) in [6.45, 7) is 18.6. The Kier molecular flexibility index (Phi) is 9.76. The van der Waals surface area contributed by atoms with Gasteiger partial charge in [0.25, 0.3) is 5.91 Å². The molecule has 46 heavy (non-hydrogen) atoms. The first-order chi connectivity index (χ1) is 22.0. The molecule has 3 amide bonds. The van der Waals surface area contributed by atoms with Crippen molar-refractivity contribution < 1.29 is 24.2 Å². The third-order valence-electron chi connectivity index (χ3n) is 10.1. The summed E-state index contributed by atoms with van der Waals surface area (Å²) in [5.41, 5.74) is 3.41. The molecule has 2 unspecified atom stereocenters. The van der Waals surface area contributed by atoms with E-state index in [2.05, 4.69) is 20.1 Å². The number of likely N-dealkylation sites (tertiary alicyclic amines) is 1. The molecule has 3 aliphatic heterocycles. The molecule has 3 saturated heterocycles. The number of amides is 3. The minimum absolute atomic E-state index is 0.151. The van der Waals surface area contributed by atoms with E-state index in [0.717, 1.165) is 16.8 Å². The van der Waals surface area contributed by atoms with Crippen molar-refractivity contribution in [2.45, 2.75) is 75.5 Å². The number of hydrogen-bond donors (Lipinski definition) is 1. The number of thioether (sulfide) groups is 1. The molecule has 0 aliphatic carbocycles. The highest BCUT2D eigenvalue weighted by Crippen LogP contribution is 2.72. The van der Waals surface area contributed by atoms with Gasteiger partial charge in [-0.2, -0.15) is 0 Å². The summed E-state index contributed by atoms with van der Waals surface area (Å²) in [7, 11) is 0. The van der Waals surface area contributed by atoms with Crippen molar-refractivity contribution in [3.63, 3.8) is 0 Å². The van der Waals surface area contributed by atoms with Crippen LogP contribution in [0, 0.1) is 25.7 Å². The van der Waals surface area contributed by atoms with E-state index in [1.807, 2.05) is 70.2 Å². The van der Waals surface area contributed by atoms with Crippen LogP contribution in [0.5, 0.6) is 5.75 Å². The predicted octanol–water partition coefficient (Wildman–Crippen LogP) is 5.69. The molecule has 0 radical (unpaired) electrons. The first kappa shape index (κ1) is 33.8. The first-order valence-corrected chi connectivity index (χ1v) is 17.1. The van der Waals surface area contributed by atoms with Crippen LogP contribution < -0.4 is 14.5 Å². The number of ether oxygens (including phenoxy) is 1. The maximum absolute atomic E-state index is 15.1. The Hall–Kier alpha value is -3.56. The lowest BCUT2D eigenvalue weighted by molar-refractivity contribution is -0.142. The standard InChI is InChI=1S/C37H47N3O5S/c1-8-21-38(27-15-17-28(18-16-27)45-11-4)33(42)29-30-34(43)40(26(10-3)23-41)32(37(30)20-19-36(29,7)46-37)35(44)39(22-9-2)31-24(5)13-12-14-25(31)6/h8-9,12-18,26,29-30,32,41H,1-2,10-11,19-23H2,3-7H3/t26-,29+,30-,32?,36-,37?/m0/s1. The predicted molar refractivity (Wildman–Crippen MR) is 185 cm³/mol. The molecule has 6 atom stereocenters. The number of hydrogen-bond acceptors (Lipinski definition) is 6. The number of nitrogens with zero attached hydrogens (tertiary/aromatic N) is 3. The summed E-state index contributed by atoms with van der Waals surface area (Å²) in [4.78, 5) is 49.7. The van der Waals surface area contributed by atoms with Gasteiger partial charge in [-0.1, -0.05) is 37.3 Å². The zero-order chi connectivity index (χ0) is 33.4. The monoisotopic (exact) mass is 645 g/mol. The second-order valence-corrected chi connectivity index (χ2v) is 14.8. The summed E-state index contributed by atoms with van der Waals surface area (Å²) in [6, 6.07) is 11.9. The maximum Gasteiger partial charge on any atom is 0.251 e. The van der Waals surface area contributed by atoms with E-state index in [1.165, 1.54) is 0 Å². The summed E-state index contributed by atoms with van der Waals surface area (Å²) >= 11 is 1.64. The fourth-order valence-corrected chi connectivity index (χ4v) is 10.5. The maximum atomic E-state index is 15.1. The highest BCUT2D eigenvalue weighted by molar-refractivity contribution is 8.02. The van der Waals surface area contributed by atoms with Crippen LogP contribution >= 0.6 is 11.8 Å². The number of rotatable bonds is 13. The van der Waals surface area contributed by atoms with Crippen molar-refractivity contribution in [3.8, 4) is 5.75 Å². The zero-order valence-corrected chi connectivity index (χ0v) is 28.5. The Morgan fingerprint density at radius 1 is 1.04 bits per heavy atom. The molecule has 2 aromatic carbocycles. The minimum Gasteiger partial charge on any atom is -0.494 e. The average Bonchev–Trinajstić information content (AvgIpc) is 3.61. The van der Waals surface area contributed by atoms with Gasteiger partial charge >= 0.3 is 0 Å². The van der Waals surface area contributed by atoms with Gasteiger partial charge in [-0.25, -0.2) is 0 Å². The van der Waals surface area contributed by atoms with Gasteiger partial charge < -0.3 is 24.5 Å². The van der Waals surface area contributed by atoms with Crippen molar-refractivity contribution >= 4 is 40.9 Å². The minimum atomic E-state index is -0.844. The molecule has 0 saturated carbocycles. The number of carbonyl (C=O) groups excluding carboxylic acids is 3. The van der Waals surface area contributed by atoms with Crippen LogP contribution in [0.2, 0.25) is 0 Å². The number of carbonyl (C=O) groups is 3. The van der Waals surface area contributed by atoms with Crippen LogP contribution in [0.3, 0.4) is 0 Å². The molecule has 2 aromatic rings.